The molecule has 0 saturated heterocycles. The zero-order chi connectivity index (χ0) is 14.1. The lowest BCUT2D eigenvalue weighted by molar-refractivity contribution is 0.104. The summed E-state index contributed by atoms with van der Waals surface area (Å²) >= 11 is 0. The molecule has 0 fully saturated rings. The predicted octanol–water partition coefficient (Wildman–Crippen LogP) is 2.82. The number of rotatable bonds is 2. The fourth-order valence-corrected chi connectivity index (χ4v) is 2.57. The summed E-state index contributed by atoms with van der Waals surface area (Å²) in [5.41, 5.74) is 1.98. The van der Waals surface area contributed by atoms with Crippen LogP contribution >= 0.6 is 0 Å². The van der Waals surface area contributed by atoms with Crippen molar-refractivity contribution in [2.75, 3.05) is 6.61 Å². The molecule has 104 valence electrons. The SMILES string of the molecule is CCOC(=O)Oc1ccc2c3c(c(=O)oc2c1)CCC3. The second-order valence-corrected chi connectivity index (χ2v) is 4.64. The van der Waals surface area contributed by atoms with E-state index in [1.807, 2.05) is 6.07 Å². The number of hydrogen-bond donors (Lipinski definition) is 0. The normalized spacial score (nSPS) is 13.2. The minimum Gasteiger partial charge on any atom is -0.434 e. The molecule has 0 unspecified atom stereocenters. The van der Waals surface area contributed by atoms with Gasteiger partial charge in [0.05, 0.1) is 6.61 Å². The molecule has 2 aromatic rings. The Balaban J connectivity index is 2.02. The summed E-state index contributed by atoms with van der Waals surface area (Å²) in [6.07, 6.45) is 1.86. The maximum atomic E-state index is 11.9. The summed E-state index contributed by atoms with van der Waals surface area (Å²) in [4.78, 5) is 23.1. The monoisotopic (exact) mass is 274 g/mol. The van der Waals surface area contributed by atoms with Gasteiger partial charge < -0.3 is 13.9 Å². The van der Waals surface area contributed by atoms with Crippen LogP contribution in [0.3, 0.4) is 0 Å². The van der Waals surface area contributed by atoms with E-state index in [2.05, 4.69) is 0 Å². The molecule has 3 rings (SSSR count). The lowest BCUT2D eigenvalue weighted by Gasteiger charge is -2.07. The smallest absolute Gasteiger partial charge is 0.434 e. The first-order valence-corrected chi connectivity index (χ1v) is 6.62. The number of ether oxygens (including phenoxy) is 2. The van der Waals surface area contributed by atoms with Crippen LogP contribution in [0.2, 0.25) is 0 Å². The average molecular weight is 274 g/mol. The van der Waals surface area contributed by atoms with Crippen LogP contribution in [0.1, 0.15) is 24.5 Å². The molecule has 0 atom stereocenters. The lowest BCUT2D eigenvalue weighted by atomic mass is 10.1. The number of carbonyl (C=O) groups is 1. The van der Waals surface area contributed by atoms with Gasteiger partial charge in [-0.2, -0.15) is 0 Å². The molecule has 1 aliphatic carbocycles. The molecular formula is C15H14O5. The van der Waals surface area contributed by atoms with Crippen LogP contribution in [-0.2, 0) is 17.6 Å². The van der Waals surface area contributed by atoms with Gasteiger partial charge in [0, 0.05) is 17.0 Å². The molecule has 0 aliphatic heterocycles. The fraction of sp³-hybridized carbons (Fsp3) is 0.333. The molecule has 1 heterocycles. The van der Waals surface area contributed by atoms with Crippen molar-refractivity contribution in [1.82, 2.24) is 0 Å². The van der Waals surface area contributed by atoms with Gasteiger partial charge in [-0.25, -0.2) is 9.59 Å². The Kier molecular flexibility index (Phi) is 3.18. The highest BCUT2D eigenvalue weighted by Gasteiger charge is 2.20. The molecule has 0 spiro atoms. The summed E-state index contributed by atoms with van der Waals surface area (Å²) in [6.45, 7) is 1.94. The Labute approximate surface area is 115 Å². The Bertz CT molecular complexity index is 729. The van der Waals surface area contributed by atoms with Crippen molar-refractivity contribution in [3.8, 4) is 5.75 Å². The molecule has 0 radical (unpaired) electrons. The quantitative estimate of drug-likeness (QED) is 0.478. The Morgan fingerprint density at radius 2 is 2.10 bits per heavy atom. The summed E-state index contributed by atoms with van der Waals surface area (Å²) in [7, 11) is 0. The molecule has 0 amide bonds. The van der Waals surface area contributed by atoms with Gasteiger partial charge in [-0.3, -0.25) is 0 Å². The van der Waals surface area contributed by atoms with E-state index in [9.17, 15) is 9.59 Å². The number of aryl methyl sites for hydroxylation is 1. The molecule has 0 saturated carbocycles. The average Bonchev–Trinajstić information content (AvgIpc) is 2.89. The van der Waals surface area contributed by atoms with Gasteiger partial charge in [0.1, 0.15) is 11.3 Å². The molecule has 5 heteroatoms. The summed E-state index contributed by atoms with van der Waals surface area (Å²) in [5.74, 6) is 0.303. The number of hydrogen-bond acceptors (Lipinski definition) is 5. The van der Waals surface area contributed by atoms with Gasteiger partial charge in [-0.15, -0.1) is 0 Å². The Hall–Kier alpha value is -2.30. The zero-order valence-corrected chi connectivity index (χ0v) is 11.1. The molecule has 20 heavy (non-hydrogen) atoms. The van der Waals surface area contributed by atoms with Crippen LogP contribution in [0.5, 0.6) is 5.75 Å². The van der Waals surface area contributed by atoms with Crippen LogP contribution in [0.25, 0.3) is 11.0 Å². The van der Waals surface area contributed by atoms with Gasteiger partial charge in [0.25, 0.3) is 0 Å². The maximum Gasteiger partial charge on any atom is 0.513 e. The molecule has 5 nitrogen and oxygen atoms in total. The van der Waals surface area contributed by atoms with Gasteiger partial charge in [0.15, 0.2) is 0 Å². The van der Waals surface area contributed by atoms with Crippen molar-refractivity contribution < 1.29 is 18.7 Å². The molecule has 1 aromatic heterocycles. The Morgan fingerprint density at radius 3 is 2.90 bits per heavy atom. The van der Waals surface area contributed by atoms with E-state index in [1.165, 1.54) is 0 Å². The third kappa shape index (κ3) is 2.15. The highest BCUT2D eigenvalue weighted by molar-refractivity contribution is 5.83. The first-order chi connectivity index (χ1) is 9.69. The van der Waals surface area contributed by atoms with E-state index in [0.29, 0.717) is 11.3 Å². The van der Waals surface area contributed by atoms with Crippen LogP contribution in [0.15, 0.2) is 27.4 Å². The van der Waals surface area contributed by atoms with Crippen LogP contribution in [0.4, 0.5) is 4.79 Å². The van der Waals surface area contributed by atoms with Crippen LogP contribution in [0, 0.1) is 0 Å². The second-order valence-electron chi connectivity index (χ2n) is 4.64. The molecule has 0 bridgehead atoms. The summed E-state index contributed by atoms with van der Waals surface area (Å²) in [5, 5.41) is 0.910. The van der Waals surface area contributed by atoms with E-state index in [-0.39, 0.29) is 12.2 Å². The fourth-order valence-electron chi connectivity index (χ4n) is 2.57. The van der Waals surface area contributed by atoms with Crippen LogP contribution < -0.4 is 10.4 Å². The third-order valence-corrected chi connectivity index (χ3v) is 3.41. The summed E-state index contributed by atoms with van der Waals surface area (Å²) < 4.78 is 15.0. The van der Waals surface area contributed by atoms with Gasteiger partial charge in [-0.05, 0) is 43.9 Å². The maximum absolute atomic E-state index is 11.9. The number of carbonyl (C=O) groups excluding carboxylic acids is 1. The lowest BCUT2D eigenvalue weighted by Crippen LogP contribution is -2.10. The Morgan fingerprint density at radius 1 is 1.30 bits per heavy atom. The van der Waals surface area contributed by atoms with E-state index in [1.54, 1.807) is 19.1 Å². The van der Waals surface area contributed by atoms with Gasteiger partial charge in [-0.1, -0.05) is 0 Å². The van der Waals surface area contributed by atoms with Crippen molar-refractivity contribution in [1.29, 1.82) is 0 Å². The van der Waals surface area contributed by atoms with E-state index in [0.717, 1.165) is 35.8 Å². The minimum atomic E-state index is -0.768. The highest BCUT2D eigenvalue weighted by Crippen LogP contribution is 2.29. The third-order valence-electron chi connectivity index (χ3n) is 3.41. The second kappa shape index (κ2) is 5.00. The van der Waals surface area contributed by atoms with E-state index < -0.39 is 6.16 Å². The molecule has 1 aromatic carbocycles. The number of fused-ring (bicyclic) bond motifs is 3. The summed E-state index contributed by atoms with van der Waals surface area (Å²) in [6, 6.07) is 5.04. The van der Waals surface area contributed by atoms with Crippen molar-refractivity contribution in [2.24, 2.45) is 0 Å². The standard InChI is InChI=1S/C15H14O5/c1-2-18-15(17)19-9-6-7-11-10-4-3-5-12(10)14(16)20-13(11)8-9/h6-8H,2-5H2,1H3. The zero-order valence-electron chi connectivity index (χ0n) is 11.1. The van der Waals surface area contributed by atoms with Crippen molar-refractivity contribution in [3.63, 3.8) is 0 Å². The molecular weight excluding hydrogens is 260 g/mol. The van der Waals surface area contributed by atoms with Crippen molar-refractivity contribution >= 4 is 17.1 Å². The largest absolute Gasteiger partial charge is 0.513 e. The van der Waals surface area contributed by atoms with E-state index >= 15 is 0 Å². The first kappa shape index (κ1) is 12.7. The predicted molar refractivity (Wildman–Crippen MR) is 72.2 cm³/mol. The molecule has 1 aliphatic rings. The van der Waals surface area contributed by atoms with Crippen molar-refractivity contribution in [3.05, 3.63) is 39.7 Å². The highest BCUT2D eigenvalue weighted by atomic mass is 16.7. The topological polar surface area (TPSA) is 65.7 Å². The number of benzene rings is 1. The van der Waals surface area contributed by atoms with E-state index in [4.69, 9.17) is 13.9 Å². The van der Waals surface area contributed by atoms with Crippen molar-refractivity contribution in [2.45, 2.75) is 26.2 Å². The van der Waals surface area contributed by atoms with Gasteiger partial charge >= 0.3 is 11.8 Å². The van der Waals surface area contributed by atoms with Gasteiger partial charge in [0.2, 0.25) is 0 Å². The minimum absolute atomic E-state index is 0.245. The molecule has 0 N–H and O–H groups in total. The van der Waals surface area contributed by atoms with Crippen LogP contribution in [-0.4, -0.2) is 12.8 Å². The first-order valence-electron chi connectivity index (χ1n) is 6.62.